The molecule has 0 saturated carbocycles. The third-order valence-electron chi connectivity index (χ3n) is 6.59. The van der Waals surface area contributed by atoms with Crippen LogP contribution in [0.4, 0.5) is 0 Å². The van der Waals surface area contributed by atoms with E-state index < -0.39 is 11.8 Å². The second kappa shape index (κ2) is 8.19. The molecule has 2 nitrogen and oxygen atoms in total. The fourth-order valence-electron chi connectivity index (χ4n) is 4.88. The summed E-state index contributed by atoms with van der Waals surface area (Å²) in [5.41, 5.74) is 8.85. The van der Waals surface area contributed by atoms with Crippen LogP contribution in [0.5, 0.6) is 0 Å². The van der Waals surface area contributed by atoms with E-state index in [1.165, 1.54) is 0 Å². The summed E-state index contributed by atoms with van der Waals surface area (Å²) in [6, 6.07) is 22.8. The van der Waals surface area contributed by atoms with Crippen molar-refractivity contribution in [3.63, 3.8) is 0 Å². The van der Waals surface area contributed by atoms with Gasteiger partial charge in [-0.3, -0.25) is 0 Å². The van der Waals surface area contributed by atoms with E-state index in [1.807, 2.05) is 64.1 Å². The standard InChI is InChI=1S/C31H32NO/c1-19(2)23-11-9-12-24(20(3)4)30(23)22-16-17-32(6)27(18-22)29-21(5)14-15-26-25-10-7-8-13-28(25)33-31(26)29/h7-20H,1-6H3/q+1/i19D,20D. The first kappa shape index (κ1) is 19.1. The molecule has 2 heteroatoms. The molecule has 0 N–H and O–H groups in total. The Labute approximate surface area is 199 Å². The molecule has 2 aromatic heterocycles. The summed E-state index contributed by atoms with van der Waals surface area (Å²) < 4.78 is 26.2. The van der Waals surface area contributed by atoms with Gasteiger partial charge in [0.2, 0.25) is 5.69 Å². The Morgan fingerprint density at radius 3 is 2.18 bits per heavy atom. The minimum atomic E-state index is -0.802. The molecule has 166 valence electrons. The lowest BCUT2D eigenvalue weighted by molar-refractivity contribution is -0.660. The zero-order valence-corrected chi connectivity index (χ0v) is 20.3. The van der Waals surface area contributed by atoms with E-state index >= 15 is 0 Å². The van der Waals surface area contributed by atoms with Crippen molar-refractivity contribution in [1.82, 2.24) is 0 Å². The first-order valence-corrected chi connectivity index (χ1v) is 11.5. The zero-order chi connectivity index (χ0) is 25.1. The monoisotopic (exact) mass is 436 g/mol. The molecule has 0 atom stereocenters. The van der Waals surface area contributed by atoms with Crippen LogP contribution in [0.25, 0.3) is 44.3 Å². The molecular weight excluding hydrogens is 402 g/mol. The predicted molar refractivity (Wildman–Crippen MR) is 139 cm³/mol. The highest BCUT2D eigenvalue weighted by Crippen LogP contribution is 2.40. The van der Waals surface area contributed by atoms with Crippen molar-refractivity contribution < 1.29 is 11.7 Å². The van der Waals surface area contributed by atoms with Crippen LogP contribution in [0.15, 0.2) is 77.3 Å². The van der Waals surface area contributed by atoms with Crippen LogP contribution in [0.2, 0.25) is 0 Å². The Balaban J connectivity index is 1.84. The Morgan fingerprint density at radius 2 is 1.48 bits per heavy atom. The number of pyridine rings is 1. The average Bonchev–Trinajstić information content (AvgIpc) is 3.16. The molecule has 0 bridgehead atoms. The number of benzene rings is 3. The fraction of sp³-hybridized carbons (Fsp3) is 0.258. The number of hydrogen-bond donors (Lipinski definition) is 0. The van der Waals surface area contributed by atoms with Crippen LogP contribution in [-0.2, 0) is 7.05 Å². The maximum atomic E-state index is 8.85. The van der Waals surface area contributed by atoms with Gasteiger partial charge in [-0.25, -0.2) is 4.57 Å². The molecule has 0 radical (unpaired) electrons. The van der Waals surface area contributed by atoms with Crippen LogP contribution in [0.3, 0.4) is 0 Å². The van der Waals surface area contributed by atoms with Gasteiger partial charge in [0.25, 0.3) is 0 Å². The molecule has 0 aliphatic heterocycles. The summed E-state index contributed by atoms with van der Waals surface area (Å²) in [4.78, 5) is 0. The maximum absolute atomic E-state index is 8.85. The molecule has 0 aliphatic carbocycles. The predicted octanol–water partition coefficient (Wildman–Crippen LogP) is 8.30. The molecule has 0 fully saturated rings. The molecule has 0 unspecified atom stereocenters. The third kappa shape index (κ3) is 3.54. The minimum Gasteiger partial charge on any atom is -0.455 e. The minimum absolute atomic E-state index is 0.802. The lowest BCUT2D eigenvalue weighted by Crippen LogP contribution is -2.30. The number of rotatable bonds is 4. The van der Waals surface area contributed by atoms with Gasteiger partial charge in [0.05, 0.1) is 5.56 Å². The SMILES string of the molecule is [2H]C(C)(C)c1cccc(C([2H])(C)C)c1-c1cc[n+](C)c(-c2c(C)ccc3c2oc2ccccc23)c1. The van der Waals surface area contributed by atoms with E-state index in [4.69, 9.17) is 7.16 Å². The molecule has 33 heavy (non-hydrogen) atoms. The number of aromatic nitrogens is 1. The normalized spacial score (nSPS) is 13.4. The number of para-hydroxylation sites is 1. The van der Waals surface area contributed by atoms with Crippen molar-refractivity contribution >= 4 is 21.9 Å². The van der Waals surface area contributed by atoms with Crippen LogP contribution < -0.4 is 4.57 Å². The lowest BCUT2D eigenvalue weighted by atomic mass is 9.85. The number of aryl methyl sites for hydroxylation is 2. The van der Waals surface area contributed by atoms with Gasteiger partial charge in [0.15, 0.2) is 6.20 Å². The highest BCUT2D eigenvalue weighted by Gasteiger charge is 2.23. The molecule has 0 amide bonds. The topological polar surface area (TPSA) is 17.0 Å². The van der Waals surface area contributed by atoms with Crippen LogP contribution in [0.1, 0.15) is 58.9 Å². The van der Waals surface area contributed by atoms with Gasteiger partial charge in [0, 0.05) is 25.6 Å². The molecule has 5 rings (SSSR count). The number of nitrogens with zero attached hydrogens (tertiary/aromatic N) is 1. The Hall–Kier alpha value is -3.39. The second-order valence-corrected chi connectivity index (χ2v) is 9.37. The van der Waals surface area contributed by atoms with E-state index in [9.17, 15) is 0 Å². The molecule has 0 spiro atoms. The van der Waals surface area contributed by atoms with Crippen molar-refractivity contribution in [3.8, 4) is 22.4 Å². The van der Waals surface area contributed by atoms with Crippen molar-refractivity contribution in [2.75, 3.05) is 0 Å². The summed E-state index contributed by atoms with van der Waals surface area (Å²) in [6.45, 7) is 9.77. The van der Waals surface area contributed by atoms with Gasteiger partial charge in [0.1, 0.15) is 18.2 Å². The van der Waals surface area contributed by atoms with E-state index in [2.05, 4.69) is 55.1 Å². The van der Waals surface area contributed by atoms with Gasteiger partial charge in [-0.2, -0.15) is 0 Å². The zero-order valence-electron chi connectivity index (χ0n) is 22.3. The smallest absolute Gasteiger partial charge is 0.216 e. The summed E-state index contributed by atoms with van der Waals surface area (Å²) in [6.07, 6.45) is 2.07. The molecule has 0 saturated heterocycles. The van der Waals surface area contributed by atoms with Gasteiger partial charge < -0.3 is 4.42 Å². The van der Waals surface area contributed by atoms with Gasteiger partial charge >= 0.3 is 0 Å². The summed E-state index contributed by atoms with van der Waals surface area (Å²) in [7, 11) is 2.05. The van der Waals surface area contributed by atoms with Crippen molar-refractivity contribution in [2.45, 2.75) is 46.4 Å². The summed E-state index contributed by atoms with van der Waals surface area (Å²) >= 11 is 0. The van der Waals surface area contributed by atoms with E-state index in [1.54, 1.807) is 0 Å². The van der Waals surface area contributed by atoms with E-state index in [0.29, 0.717) is 0 Å². The fourth-order valence-corrected chi connectivity index (χ4v) is 4.88. The van der Waals surface area contributed by atoms with Crippen LogP contribution in [-0.4, -0.2) is 0 Å². The molecule has 0 aliphatic rings. The van der Waals surface area contributed by atoms with Gasteiger partial charge in [-0.15, -0.1) is 0 Å². The first-order chi connectivity index (χ1) is 16.5. The Morgan fingerprint density at radius 1 is 0.788 bits per heavy atom. The largest absolute Gasteiger partial charge is 0.455 e. The second-order valence-electron chi connectivity index (χ2n) is 9.37. The molecule has 3 aromatic carbocycles. The molecule has 5 aromatic rings. The maximum Gasteiger partial charge on any atom is 0.216 e. The van der Waals surface area contributed by atoms with Gasteiger partial charge in [-0.05, 0) is 52.6 Å². The number of furan rings is 1. The van der Waals surface area contributed by atoms with Crippen molar-refractivity contribution in [1.29, 1.82) is 0 Å². The highest BCUT2D eigenvalue weighted by molar-refractivity contribution is 6.09. The molecule has 2 heterocycles. The molecular formula is C31H32NO+. The van der Waals surface area contributed by atoms with E-state index in [-0.39, 0.29) is 0 Å². The Kier molecular flexibility index (Phi) is 4.74. The summed E-state index contributed by atoms with van der Waals surface area (Å²) in [5, 5.41) is 2.22. The van der Waals surface area contributed by atoms with Crippen molar-refractivity contribution in [3.05, 3.63) is 89.6 Å². The quantitative estimate of drug-likeness (QED) is 0.259. The Bertz CT molecular complexity index is 1550. The average molecular weight is 437 g/mol. The van der Waals surface area contributed by atoms with E-state index in [0.717, 1.165) is 61.0 Å². The van der Waals surface area contributed by atoms with Crippen LogP contribution in [0, 0.1) is 6.92 Å². The number of hydrogen-bond acceptors (Lipinski definition) is 1. The van der Waals surface area contributed by atoms with Crippen LogP contribution >= 0.6 is 0 Å². The highest BCUT2D eigenvalue weighted by atomic mass is 16.3. The third-order valence-corrected chi connectivity index (χ3v) is 6.59. The van der Waals surface area contributed by atoms with Gasteiger partial charge in [-0.1, -0.05) is 76.2 Å². The lowest BCUT2D eigenvalue weighted by Gasteiger charge is -2.20. The summed E-state index contributed by atoms with van der Waals surface area (Å²) in [5.74, 6) is -1.60. The number of fused-ring (bicyclic) bond motifs is 3. The van der Waals surface area contributed by atoms with Crippen molar-refractivity contribution in [2.24, 2.45) is 7.05 Å². The first-order valence-electron chi connectivity index (χ1n) is 12.5.